The van der Waals surface area contributed by atoms with Crippen molar-refractivity contribution in [2.45, 2.75) is 18.0 Å². The zero-order valence-corrected chi connectivity index (χ0v) is 21.9. The van der Waals surface area contributed by atoms with Gasteiger partial charge in [0.05, 0.1) is 17.8 Å². The Morgan fingerprint density at radius 3 is 2.65 bits per heavy atom. The number of anilines is 1. The smallest absolute Gasteiger partial charge is 0.358 e. The standard InChI is InChI=1S/C24H22N6O9S/c1-37-16-11-40-23-19(27-21(32)18(28-38-2)15-4-3-5-17(26-15)25-12-31)22(33)29(23)20(16)24(34)39-10-13-6-8-14(9-7-13)30(35)36/h3-9,12,19,23H,10-11H2,1-2H3,(H,27,32)(H,25,26,31)/b28-18-/t19?,23-/m1/s1. The first-order chi connectivity index (χ1) is 19.3. The molecule has 0 spiro atoms. The molecule has 16 heteroatoms. The normalized spacial score (nSPS) is 18.2. The van der Waals surface area contributed by atoms with E-state index in [4.69, 9.17) is 14.3 Å². The lowest BCUT2D eigenvalue weighted by Crippen LogP contribution is -2.71. The molecule has 1 aromatic heterocycles. The van der Waals surface area contributed by atoms with Crippen LogP contribution >= 0.6 is 11.8 Å². The number of β-lactam (4-membered cyclic amide) rings is 1. The first-order valence-electron chi connectivity index (χ1n) is 11.5. The summed E-state index contributed by atoms with van der Waals surface area (Å²) in [6.45, 7) is -0.195. The molecule has 0 aliphatic carbocycles. The first kappa shape index (κ1) is 28.0. The fourth-order valence-corrected chi connectivity index (χ4v) is 5.19. The molecule has 4 rings (SSSR count). The third-order valence-electron chi connectivity index (χ3n) is 5.77. The minimum atomic E-state index is -1.01. The van der Waals surface area contributed by atoms with Crippen LogP contribution in [-0.4, -0.2) is 76.1 Å². The molecule has 1 fully saturated rings. The Morgan fingerprint density at radius 2 is 2.00 bits per heavy atom. The maximum absolute atomic E-state index is 13.1. The van der Waals surface area contributed by atoms with Gasteiger partial charge in [-0.15, -0.1) is 11.8 Å². The molecule has 40 heavy (non-hydrogen) atoms. The number of esters is 1. The number of hydrogen-bond donors (Lipinski definition) is 2. The highest BCUT2D eigenvalue weighted by Crippen LogP contribution is 2.41. The second-order valence-electron chi connectivity index (χ2n) is 8.13. The Bertz CT molecular complexity index is 1410. The molecule has 208 valence electrons. The van der Waals surface area contributed by atoms with Gasteiger partial charge in [-0.3, -0.25) is 29.4 Å². The Balaban J connectivity index is 1.46. The number of hydrogen-bond acceptors (Lipinski definition) is 12. The van der Waals surface area contributed by atoms with E-state index in [9.17, 15) is 29.3 Å². The first-order valence-corrected chi connectivity index (χ1v) is 12.6. The van der Waals surface area contributed by atoms with Crippen LogP contribution in [0.5, 0.6) is 0 Å². The number of nitrogens with zero attached hydrogens (tertiary/aromatic N) is 4. The topological polar surface area (TPSA) is 192 Å². The summed E-state index contributed by atoms with van der Waals surface area (Å²) in [7, 11) is 2.59. The predicted octanol–water partition coefficient (Wildman–Crippen LogP) is 0.910. The Kier molecular flexibility index (Phi) is 8.58. The van der Waals surface area contributed by atoms with E-state index in [1.807, 2.05) is 0 Å². The summed E-state index contributed by atoms with van der Waals surface area (Å²) < 4.78 is 10.7. The number of fused-ring (bicyclic) bond motifs is 1. The zero-order valence-electron chi connectivity index (χ0n) is 21.1. The molecule has 3 heterocycles. The lowest BCUT2D eigenvalue weighted by molar-refractivity contribution is -0.384. The molecular formula is C24H22N6O9S. The zero-order chi connectivity index (χ0) is 28.8. The van der Waals surface area contributed by atoms with Crippen molar-refractivity contribution in [3.05, 3.63) is 75.3 Å². The van der Waals surface area contributed by atoms with E-state index in [0.29, 0.717) is 12.0 Å². The van der Waals surface area contributed by atoms with Crippen LogP contribution in [0.25, 0.3) is 0 Å². The number of thioether (sulfide) groups is 1. The predicted molar refractivity (Wildman–Crippen MR) is 139 cm³/mol. The molecule has 2 atom stereocenters. The van der Waals surface area contributed by atoms with Gasteiger partial charge in [0.1, 0.15) is 42.4 Å². The molecule has 2 aromatic rings. The lowest BCUT2D eigenvalue weighted by Gasteiger charge is -2.49. The highest BCUT2D eigenvalue weighted by Gasteiger charge is 2.55. The van der Waals surface area contributed by atoms with Gasteiger partial charge in [-0.2, -0.15) is 0 Å². The number of oxime groups is 1. The molecule has 1 aromatic carbocycles. The van der Waals surface area contributed by atoms with Crippen LogP contribution in [0, 0.1) is 10.1 Å². The van der Waals surface area contributed by atoms with Gasteiger partial charge in [0.15, 0.2) is 11.4 Å². The summed E-state index contributed by atoms with van der Waals surface area (Å²) >= 11 is 1.27. The van der Waals surface area contributed by atoms with E-state index < -0.39 is 34.1 Å². The van der Waals surface area contributed by atoms with E-state index in [2.05, 4.69) is 20.8 Å². The van der Waals surface area contributed by atoms with Gasteiger partial charge >= 0.3 is 5.97 Å². The Morgan fingerprint density at radius 1 is 1.25 bits per heavy atom. The van der Waals surface area contributed by atoms with Gasteiger partial charge in [-0.25, -0.2) is 9.78 Å². The van der Waals surface area contributed by atoms with Gasteiger partial charge in [-0.05, 0) is 29.8 Å². The number of ether oxygens (including phenoxy) is 2. The van der Waals surface area contributed by atoms with Crippen molar-refractivity contribution >= 4 is 53.2 Å². The summed E-state index contributed by atoms with van der Waals surface area (Å²) in [6, 6.07) is 9.00. The van der Waals surface area contributed by atoms with Crippen LogP contribution < -0.4 is 10.6 Å². The van der Waals surface area contributed by atoms with E-state index in [1.54, 1.807) is 6.07 Å². The number of rotatable bonds is 11. The molecule has 15 nitrogen and oxygen atoms in total. The van der Waals surface area contributed by atoms with Crippen LogP contribution in [0.1, 0.15) is 11.3 Å². The van der Waals surface area contributed by atoms with Crippen molar-refractivity contribution in [1.29, 1.82) is 0 Å². The fraction of sp³-hybridized carbons (Fsp3) is 0.250. The molecule has 1 saturated heterocycles. The Hall–Kier alpha value is -4.99. The second-order valence-corrected chi connectivity index (χ2v) is 9.23. The maximum Gasteiger partial charge on any atom is 0.358 e. The Labute approximate surface area is 230 Å². The number of carbonyl (C=O) groups excluding carboxylic acids is 4. The largest absolute Gasteiger partial charge is 0.498 e. The molecule has 2 aliphatic heterocycles. The van der Waals surface area contributed by atoms with Crippen LogP contribution in [-0.2, 0) is 40.1 Å². The summed E-state index contributed by atoms with van der Waals surface area (Å²) in [5.74, 6) is -1.56. The molecule has 1 unspecified atom stereocenters. The average Bonchev–Trinajstić information content (AvgIpc) is 2.96. The number of nitro benzene ring substituents is 1. The molecule has 0 radical (unpaired) electrons. The number of amides is 3. The van der Waals surface area contributed by atoms with Crippen molar-refractivity contribution in [3.63, 3.8) is 0 Å². The molecule has 0 saturated carbocycles. The van der Waals surface area contributed by atoms with Gasteiger partial charge in [0.25, 0.3) is 17.5 Å². The summed E-state index contributed by atoms with van der Waals surface area (Å²) in [5.41, 5.74) is 0.156. The van der Waals surface area contributed by atoms with Crippen molar-refractivity contribution in [1.82, 2.24) is 15.2 Å². The maximum atomic E-state index is 13.1. The van der Waals surface area contributed by atoms with E-state index in [1.165, 1.54) is 67.3 Å². The van der Waals surface area contributed by atoms with Gasteiger partial charge in [0, 0.05) is 12.1 Å². The number of methoxy groups -OCH3 is 1. The quantitative estimate of drug-likeness (QED) is 0.0974. The van der Waals surface area contributed by atoms with Crippen molar-refractivity contribution in [2.24, 2.45) is 5.16 Å². The summed E-state index contributed by atoms with van der Waals surface area (Å²) in [5, 5.41) is 18.9. The number of non-ortho nitro benzene ring substituents is 1. The van der Waals surface area contributed by atoms with Crippen molar-refractivity contribution < 1.29 is 38.4 Å². The van der Waals surface area contributed by atoms with Gasteiger partial charge in [0.2, 0.25) is 6.41 Å². The van der Waals surface area contributed by atoms with Crippen LogP contribution in [0.2, 0.25) is 0 Å². The number of pyridine rings is 1. The van der Waals surface area contributed by atoms with Gasteiger partial charge in [-0.1, -0.05) is 11.2 Å². The monoisotopic (exact) mass is 570 g/mol. The number of carbonyl (C=O) groups is 4. The van der Waals surface area contributed by atoms with E-state index in [-0.39, 0.29) is 46.7 Å². The molecule has 2 aliphatic rings. The SMILES string of the molecule is CO/N=C(\C(=O)NC1C(=O)N2C(C(=O)OCc3ccc([N+](=O)[O-])cc3)=C(OC)CS[C@H]12)c1cccc(NC=O)n1. The van der Waals surface area contributed by atoms with Gasteiger partial charge < -0.3 is 24.9 Å². The average molecular weight is 571 g/mol. The fourth-order valence-electron chi connectivity index (χ4n) is 3.88. The van der Waals surface area contributed by atoms with Crippen LogP contribution in [0.15, 0.2) is 59.1 Å². The number of nitrogens with one attached hydrogen (secondary N) is 2. The lowest BCUT2D eigenvalue weighted by atomic mass is 10.0. The number of nitro groups is 1. The molecule has 0 bridgehead atoms. The van der Waals surface area contributed by atoms with Crippen LogP contribution in [0.4, 0.5) is 11.5 Å². The molecular weight excluding hydrogens is 548 g/mol. The molecule has 2 N–H and O–H groups in total. The molecule has 3 amide bonds. The highest BCUT2D eigenvalue weighted by atomic mass is 32.2. The summed E-state index contributed by atoms with van der Waals surface area (Å²) in [6.07, 6.45) is 0.428. The van der Waals surface area contributed by atoms with E-state index >= 15 is 0 Å². The minimum absolute atomic E-state index is 0.0863. The van der Waals surface area contributed by atoms with Crippen LogP contribution in [0.3, 0.4) is 0 Å². The second kappa shape index (κ2) is 12.2. The number of aromatic nitrogens is 1. The third-order valence-corrected chi connectivity index (χ3v) is 7.03. The third kappa shape index (κ3) is 5.70. The number of benzene rings is 1. The minimum Gasteiger partial charge on any atom is -0.498 e. The van der Waals surface area contributed by atoms with Crippen molar-refractivity contribution in [3.8, 4) is 0 Å². The van der Waals surface area contributed by atoms with E-state index in [0.717, 1.165) is 0 Å². The van der Waals surface area contributed by atoms with Crippen molar-refractivity contribution in [2.75, 3.05) is 25.3 Å². The highest BCUT2D eigenvalue weighted by molar-refractivity contribution is 8.00. The summed E-state index contributed by atoms with van der Waals surface area (Å²) in [4.78, 5) is 70.4.